The van der Waals surface area contributed by atoms with Crippen LogP contribution in [-0.4, -0.2) is 47.6 Å². The molecule has 0 aromatic heterocycles. The van der Waals surface area contributed by atoms with Crippen LogP contribution in [0.1, 0.15) is 17.3 Å². The number of phenols is 2. The molecule has 1 unspecified atom stereocenters. The molecule has 0 bridgehead atoms. The summed E-state index contributed by atoms with van der Waals surface area (Å²) in [5, 5.41) is 21.2. The fourth-order valence-electron chi connectivity index (χ4n) is 1.76. The van der Waals surface area contributed by atoms with Crippen LogP contribution in [0, 0.1) is 5.92 Å². The highest BCUT2D eigenvalue weighted by molar-refractivity contribution is 5.95. The van der Waals surface area contributed by atoms with Gasteiger partial charge in [-0.05, 0) is 12.1 Å². The lowest BCUT2D eigenvalue weighted by Crippen LogP contribution is -2.37. The Balaban J connectivity index is 2.79. The van der Waals surface area contributed by atoms with Gasteiger partial charge in [0, 0.05) is 32.3 Å². The zero-order valence-electron chi connectivity index (χ0n) is 11.2. The van der Waals surface area contributed by atoms with Gasteiger partial charge in [0.25, 0.3) is 5.91 Å². The molecule has 1 aromatic carbocycles. The average molecular weight is 266 g/mol. The maximum Gasteiger partial charge on any atom is 0.253 e. The molecule has 1 aromatic rings. The van der Waals surface area contributed by atoms with Crippen LogP contribution in [0.15, 0.2) is 18.2 Å². The number of benzene rings is 1. The predicted molar refractivity (Wildman–Crippen MR) is 70.0 cm³/mol. The summed E-state index contributed by atoms with van der Waals surface area (Å²) in [4.78, 5) is 24.8. The van der Waals surface area contributed by atoms with E-state index >= 15 is 0 Å². The van der Waals surface area contributed by atoms with E-state index in [2.05, 4.69) is 5.32 Å². The van der Waals surface area contributed by atoms with E-state index in [1.165, 1.54) is 24.1 Å². The molecule has 19 heavy (non-hydrogen) atoms. The Hall–Kier alpha value is -2.24. The van der Waals surface area contributed by atoms with Gasteiger partial charge in [-0.15, -0.1) is 0 Å². The van der Waals surface area contributed by atoms with Gasteiger partial charge in [-0.1, -0.05) is 6.92 Å². The number of carbonyl (C=O) groups is 2. The summed E-state index contributed by atoms with van der Waals surface area (Å²) in [5.74, 6) is -1.24. The van der Waals surface area contributed by atoms with Crippen molar-refractivity contribution >= 4 is 11.8 Å². The standard InChI is InChI=1S/C13H18N2O4/c1-8(12(18)14-2)7-15(3)13(19)9-4-10(16)6-11(17)5-9/h4-6,8,16-17H,7H2,1-3H3,(H,14,18). The summed E-state index contributed by atoms with van der Waals surface area (Å²) in [6.45, 7) is 1.96. The SMILES string of the molecule is CNC(=O)C(C)CN(C)C(=O)c1cc(O)cc(O)c1. The highest BCUT2D eigenvalue weighted by atomic mass is 16.3. The Kier molecular flexibility index (Phi) is 4.74. The minimum Gasteiger partial charge on any atom is -0.508 e. The first kappa shape index (κ1) is 14.8. The third kappa shape index (κ3) is 3.87. The van der Waals surface area contributed by atoms with Crippen LogP contribution < -0.4 is 5.32 Å². The Morgan fingerprint density at radius 2 is 1.79 bits per heavy atom. The zero-order valence-corrected chi connectivity index (χ0v) is 11.2. The van der Waals surface area contributed by atoms with Gasteiger partial charge in [0.15, 0.2) is 0 Å². The van der Waals surface area contributed by atoms with Gasteiger partial charge in [0.05, 0.1) is 5.92 Å². The average Bonchev–Trinajstić information content (AvgIpc) is 2.35. The van der Waals surface area contributed by atoms with Gasteiger partial charge < -0.3 is 20.4 Å². The minimum atomic E-state index is -0.373. The third-order valence-electron chi connectivity index (χ3n) is 2.74. The number of phenolic OH excluding ortho intramolecular Hbond substituents is 2. The second-order valence-electron chi connectivity index (χ2n) is 4.44. The van der Waals surface area contributed by atoms with Crippen molar-refractivity contribution in [3.8, 4) is 11.5 Å². The monoisotopic (exact) mass is 266 g/mol. The van der Waals surface area contributed by atoms with Gasteiger partial charge in [-0.3, -0.25) is 9.59 Å². The van der Waals surface area contributed by atoms with E-state index in [1.54, 1.807) is 14.0 Å². The zero-order chi connectivity index (χ0) is 14.6. The molecule has 0 aliphatic carbocycles. The van der Waals surface area contributed by atoms with E-state index in [1.807, 2.05) is 0 Å². The quantitative estimate of drug-likeness (QED) is 0.742. The lowest BCUT2D eigenvalue weighted by atomic mass is 10.1. The number of amides is 2. The molecule has 2 amide bonds. The second kappa shape index (κ2) is 6.08. The van der Waals surface area contributed by atoms with E-state index in [0.717, 1.165) is 6.07 Å². The molecule has 0 saturated carbocycles. The second-order valence-corrected chi connectivity index (χ2v) is 4.44. The molecule has 0 saturated heterocycles. The summed E-state index contributed by atoms with van der Waals surface area (Å²) in [6, 6.07) is 3.68. The Labute approximate surface area is 111 Å². The van der Waals surface area contributed by atoms with Gasteiger partial charge in [0.1, 0.15) is 11.5 Å². The molecule has 0 aliphatic rings. The Morgan fingerprint density at radius 3 is 2.26 bits per heavy atom. The molecular formula is C13H18N2O4. The highest BCUT2D eigenvalue weighted by Gasteiger charge is 2.19. The minimum absolute atomic E-state index is 0.154. The number of nitrogens with one attached hydrogen (secondary N) is 1. The van der Waals surface area contributed by atoms with E-state index in [9.17, 15) is 19.8 Å². The van der Waals surface area contributed by atoms with E-state index in [0.29, 0.717) is 0 Å². The largest absolute Gasteiger partial charge is 0.508 e. The van der Waals surface area contributed by atoms with E-state index < -0.39 is 0 Å². The van der Waals surface area contributed by atoms with Crippen molar-refractivity contribution in [3.63, 3.8) is 0 Å². The Morgan fingerprint density at radius 1 is 1.26 bits per heavy atom. The molecule has 1 atom stereocenters. The summed E-state index contributed by atoms with van der Waals surface area (Å²) < 4.78 is 0. The van der Waals surface area contributed by atoms with Crippen LogP contribution in [0.4, 0.5) is 0 Å². The predicted octanol–water partition coefficient (Wildman–Crippen LogP) is 0.552. The molecule has 0 spiro atoms. The van der Waals surface area contributed by atoms with Gasteiger partial charge >= 0.3 is 0 Å². The molecule has 104 valence electrons. The highest BCUT2D eigenvalue weighted by Crippen LogP contribution is 2.21. The number of aromatic hydroxyl groups is 2. The van der Waals surface area contributed by atoms with Gasteiger partial charge in [-0.25, -0.2) is 0 Å². The summed E-state index contributed by atoms with van der Waals surface area (Å²) in [6.07, 6.45) is 0. The van der Waals surface area contributed by atoms with Crippen molar-refractivity contribution in [2.24, 2.45) is 5.92 Å². The molecule has 6 nitrogen and oxygen atoms in total. The topological polar surface area (TPSA) is 89.9 Å². The van der Waals surface area contributed by atoms with Gasteiger partial charge in [-0.2, -0.15) is 0 Å². The van der Waals surface area contributed by atoms with E-state index in [4.69, 9.17) is 0 Å². The fourth-order valence-corrected chi connectivity index (χ4v) is 1.76. The molecule has 0 heterocycles. The molecule has 1 rings (SSSR count). The maximum absolute atomic E-state index is 12.1. The van der Waals surface area contributed by atoms with Crippen LogP contribution in [0.25, 0.3) is 0 Å². The van der Waals surface area contributed by atoms with Crippen molar-refractivity contribution in [2.75, 3.05) is 20.6 Å². The number of rotatable bonds is 4. The number of nitrogens with zero attached hydrogens (tertiary/aromatic N) is 1. The van der Waals surface area contributed by atoms with Crippen LogP contribution in [0.2, 0.25) is 0 Å². The smallest absolute Gasteiger partial charge is 0.253 e. The van der Waals surface area contributed by atoms with Crippen LogP contribution in [0.5, 0.6) is 11.5 Å². The maximum atomic E-state index is 12.1. The van der Waals surface area contributed by atoms with Gasteiger partial charge in [0.2, 0.25) is 5.91 Å². The summed E-state index contributed by atoms with van der Waals surface area (Å²) in [7, 11) is 3.09. The number of carbonyl (C=O) groups excluding carboxylic acids is 2. The molecule has 6 heteroatoms. The molecular weight excluding hydrogens is 248 g/mol. The lowest BCUT2D eigenvalue weighted by Gasteiger charge is -2.21. The number of hydrogen-bond acceptors (Lipinski definition) is 4. The molecule has 0 aliphatic heterocycles. The van der Waals surface area contributed by atoms with Crippen LogP contribution in [-0.2, 0) is 4.79 Å². The lowest BCUT2D eigenvalue weighted by molar-refractivity contribution is -0.124. The van der Waals surface area contributed by atoms with Crippen molar-refractivity contribution < 1.29 is 19.8 Å². The first-order valence-corrected chi connectivity index (χ1v) is 5.85. The summed E-state index contributed by atoms with van der Waals surface area (Å²) >= 11 is 0. The van der Waals surface area contributed by atoms with Crippen LogP contribution >= 0.6 is 0 Å². The van der Waals surface area contributed by atoms with Crippen molar-refractivity contribution in [1.29, 1.82) is 0 Å². The Bertz CT molecular complexity index is 467. The summed E-state index contributed by atoms with van der Waals surface area (Å²) in [5.41, 5.74) is 0.170. The molecule has 3 N–H and O–H groups in total. The van der Waals surface area contributed by atoms with Crippen molar-refractivity contribution in [2.45, 2.75) is 6.92 Å². The van der Waals surface area contributed by atoms with E-state index in [-0.39, 0.29) is 41.3 Å². The fraction of sp³-hybridized carbons (Fsp3) is 0.385. The van der Waals surface area contributed by atoms with Crippen molar-refractivity contribution in [3.05, 3.63) is 23.8 Å². The molecule has 0 fully saturated rings. The van der Waals surface area contributed by atoms with Crippen LogP contribution in [0.3, 0.4) is 0 Å². The third-order valence-corrected chi connectivity index (χ3v) is 2.74. The first-order valence-electron chi connectivity index (χ1n) is 5.85. The molecule has 0 radical (unpaired) electrons. The first-order chi connectivity index (χ1) is 8.85. The van der Waals surface area contributed by atoms with Crippen molar-refractivity contribution in [1.82, 2.24) is 10.2 Å². The number of hydrogen-bond donors (Lipinski definition) is 3. The normalized spacial score (nSPS) is 11.7.